The molecule has 9 heteroatoms. The summed E-state index contributed by atoms with van der Waals surface area (Å²) in [6.45, 7) is 13.5. The molecule has 6 rings (SSSR count). The van der Waals surface area contributed by atoms with E-state index in [-0.39, 0.29) is 11.1 Å². The Balaban J connectivity index is 1.23. The summed E-state index contributed by atoms with van der Waals surface area (Å²) in [6, 6.07) is 13.3. The standard InChI is InChI=1S/C72H110F2N2OS4/c1-7-11-15-19-23-27-29-33-37-40-44-57(43-39-35-31-25-21-17-13-9-3)51-59-53-64(79-56(59)6)66-68(73)69(74)67(71-70(66)75-77-76-71)65-54-60(72(81-65)63-50-49-62(80-63)61-48-47-55(5)78-61)52-58(45-41-36-32-26-22-18-14-10-4)46-42-38-34-30-28-24-20-16-12-8-2/h47-50,53-54,57-58H,7-46,51-52H2,1-6H3. The van der Waals surface area contributed by atoms with Gasteiger partial charge in [-0.15, -0.1) is 45.3 Å². The molecule has 81 heavy (non-hydrogen) atoms. The van der Waals surface area contributed by atoms with Gasteiger partial charge in [0.2, 0.25) is 0 Å². The van der Waals surface area contributed by atoms with E-state index >= 15 is 8.78 Å². The minimum absolute atomic E-state index is 0.181. The van der Waals surface area contributed by atoms with Crippen LogP contribution in [0.2, 0.25) is 0 Å². The van der Waals surface area contributed by atoms with Crippen LogP contribution in [-0.4, -0.2) is 10.3 Å². The molecule has 0 fully saturated rings. The first-order valence-corrected chi connectivity index (χ1v) is 37.1. The SMILES string of the molecule is CCCCCCCCCCCCC(CCCCCCCCCC)Cc1cc(-c2c(F)c(F)c(-c3cc(CC(CCCCCCCCCC)CCCCCCCCCCCC)c(-c4ccc(-c5ccc(C)s5)s4)s3)c3nonc23)sc1C. The van der Waals surface area contributed by atoms with E-state index in [9.17, 15) is 0 Å². The van der Waals surface area contributed by atoms with Gasteiger partial charge in [-0.2, -0.15) is 0 Å². The average molecular weight is 1190 g/mol. The van der Waals surface area contributed by atoms with Crippen molar-refractivity contribution < 1.29 is 13.4 Å². The highest BCUT2D eigenvalue weighted by Crippen LogP contribution is 2.49. The number of nitrogens with zero attached hydrogens (tertiary/aromatic N) is 2. The van der Waals surface area contributed by atoms with Gasteiger partial charge in [0.05, 0.1) is 11.1 Å². The van der Waals surface area contributed by atoms with Gasteiger partial charge in [-0.05, 0) is 96.4 Å². The van der Waals surface area contributed by atoms with Crippen LogP contribution in [0.15, 0.2) is 41.0 Å². The van der Waals surface area contributed by atoms with E-state index in [1.165, 1.54) is 297 Å². The Labute approximate surface area is 509 Å². The van der Waals surface area contributed by atoms with Crippen LogP contribution in [0.4, 0.5) is 8.78 Å². The van der Waals surface area contributed by atoms with Crippen molar-refractivity contribution >= 4 is 56.4 Å². The van der Waals surface area contributed by atoms with Crippen molar-refractivity contribution in [2.24, 2.45) is 11.8 Å². The van der Waals surface area contributed by atoms with Crippen LogP contribution in [0, 0.1) is 37.3 Å². The van der Waals surface area contributed by atoms with Crippen LogP contribution in [-0.2, 0) is 12.8 Å². The van der Waals surface area contributed by atoms with Gasteiger partial charge < -0.3 is 0 Å². The van der Waals surface area contributed by atoms with Gasteiger partial charge in [0.15, 0.2) is 11.6 Å². The number of unbranched alkanes of at least 4 members (excludes halogenated alkanes) is 32. The molecule has 3 nitrogen and oxygen atoms in total. The van der Waals surface area contributed by atoms with E-state index in [2.05, 4.69) is 88.3 Å². The molecule has 5 heterocycles. The highest BCUT2D eigenvalue weighted by molar-refractivity contribution is 7.27. The Hall–Kier alpha value is -2.72. The van der Waals surface area contributed by atoms with Crippen molar-refractivity contribution in [2.45, 2.75) is 311 Å². The second kappa shape index (κ2) is 39.8. The van der Waals surface area contributed by atoms with Gasteiger partial charge in [-0.3, -0.25) is 0 Å². The minimum atomic E-state index is -0.851. The van der Waals surface area contributed by atoms with E-state index in [1.54, 1.807) is 22.7 Å². The molecule has 5 aromatic heterocycles. The topological polar surface area (TPSA) is 38.9 Å². The molecule has 0 aliphatic carbocycles. The van der Waals surface area contributed by atoms with E-state index in [0.29, 0.717) is 32.6 Å². The third-order valence-electron chi connectivity index (χ3n) is 17.6. The molecule has 452 valence electrons. The quantitative estimate of drug-likeness (QED) is 0.0357. The maximum atomic E-state index is 17.4. The normalized spacial score (nSPS) is 12.7. The Kier molecular flexibility index (Phi) is 33.1. The molecule has 0 saturated heterocycles. The summed E-state index contributed by atoms with van der Waals surface area (Å²) >= 11 is 6.80. The lowest BCUT2D eigenvalue weighted by Gasteiger charge is -2.17. The zero-order valence-corrected chi connectivity index (χ0v) is 55.3. The van der Waals surface area contributed by atoms with Crippen molar-refractivity contribution in [2.75, 3.05) is 0 Å². The average Bonchev–Trinajstić information content (AvgIpc) is 4.50. The molecule has 0 bridgehead atoms. The van der Waals surface area contributed by atoms with Crippen LogP contribution in [0.25, 0.3) is 51.4 Å². The van der Waals surface area contributed by atoms with Gasteiger partial charge in [0.25, 0.3) is 0 Å². The lowest BCUT2D eigenvalue weighted by molar-refractivity contribution is 0.315. The second-order valence-electron chi connectivity index (χ2n) is 24.7. The van der Waals surface area contributed by atoms with E-state index in [1.807, 2.05) is 22.7 Å². The molecule has 0 N–H and O–H groups in total. The van der Waals surface area contributed by atoms with Crippen molar-refractivity contribution in [3.63, 3.8) is 0 Å². The molecular formula is C72H110F2N2OS4. The Morgan fingerprint density at radius 3 is 1.10 bits per heavy atom. The smallest absolute Gasteiger partial charge is 0.170 e. The molecule has 0 amide bonds. The molecule has 6 aromatic rings. The molecule has 0 saturated carbocycles. The maximum absolute atomic E-state index is 17.4. The van der Waals surface area contributed by atoms with Crippen molar-refractivity contribution in [3.8, 4) is 40.4 Å². The Morgan fingerprint density at radius 1 is 0.370 bits per heavy atom. The Morgan fingerprint density at radius 2 is 0.704 bits per heavy atom. The summed E-state index contributed by atoms with van der Waals surface area (Å²) in [6.07, 6.45) is 54.8. The van der Waals surface area contributed by atoms with Gasteiger partial charge >= 0.3 is 0 Å². The first-order valence-electron chi connectivity index (χ1n) is 33.8. The van der Waals surface area contributed by atoms with E-state index in [4.69, 9.17) is 4.63 Å². The molecule has 0 radical (unpaired) electrons. The van der Waals surface area contributed by atoms with E-state index in [0.717, 1.165) is 12.8 Å². The first kappa shape index (κ1) is 67.4. The lowest BCUT2D eigenvalue weighted by atomic mass is 9.88. The van der Waals surface area contributed by atoms with Gasteiger partial charge in [0, 0.05) is 39.0 Å². The predicted octanol–water partition coefficient (Wildman–Crippen LogP) is 27.0. The molecule has 0 spiro atoms. The van der Waals surface area contributed by atoms with Gasteiger partial charge in [-0.1, -0.05) is 285 Å². The van der Waals surface area contributed by atoms with Crippen molar-refractivity contribution in [1.82, 2.24) is 10.3 Å². The van der Waals surface area contributed by atoms with E-state index < -0.39 is 11.6 Å². The monoisotopic (exact) mass is 1180 g/mol. The molecule has 2 unspecified atom stereocenters. The highest BCUT2D eigenvalue weighted by Gasteiger charge is 2.30. The van der Waals surface area contributed by atoms with Crippen molar-refractivity contribution in [1.29, 1.82) is 0 Å². The van der Waals surface area contributed by atoms with Gasteiger partial charge in [-0.25, -0.2) is 13.4 Å². The lowest BCUT2D eigenvalue weighted by Crippen LogP contribution is -2.06. The summed E-state index contributed by atoms with van der Waals surface area (Å²) in [7, 11) is 0. The third-order valence-corrected chi connectivity index (χ3v) is 22.4. The van der Waals surface area contributed by atoms with Gasteiger partial charge in [0.1, 0.15) is 11.0 Å². The zero-order valence-electron chi connectivity index (χ0n) is 52.0. The van der Waals surface area contributed by atoms with Crippen LogP contribution < -0.4 is 0 Å². The summed E-state index contributed by atoms with van der Waals surface area (Å²) in [4.78, 5) is 8.78. The number of benzene rings is 1. The van der Waals surface area contributed by atoms with Crippen LogP contribution >= 0.6 is 45.3 Å². The number of aromatic nitrogens is 2. The molecule has 0 aliphatic rings. The summed E-state index contributed by atoms with van der Waals surface area (Å²) in [5.74, 6) is -0.582. The fourth-order valence-electron chi connectivity index (χ4n) is 12.6. The van der Waals surface area contributed by atoms with Crippen molar-refractivity contribution in [3.05, 3.63) is 68.9 Å². The third kappa shape index (κ3) is 23.2. The number of aryl methyl sites for hydroxylation is 2. The molecule has 1 aromatic carbocycles. The minimum Gasteiger partial charge on any atom is -0.243 e. The highest BCUT2D eigenvalue weighted by atomic mass is 32.1. The number of hydrogen-bond donors (Lipinski definition) is 0. The number of halogens is 2. The largest absolute Gasteiger partial charge is 0.243 e. The Bertz CT molecular complexity index is 2580. The molecular weight excluding hydrogens is 1080 g/mol. The second-order valence-corrected chi connectivity index (χ2v) is 29.4. The first-order chi connectivity index (χ1) is 39.8. The van der Waals surface area contributed by atoms with Crippen LogP contribution in [0.1, 0.15) is 305 Å². The zero-order chi connectivity index (χ0) is 57.3. The number of thiophene rings is 4. The molecule has 0 aliphatic heterocycles. The fourth-order valence-corrected chi connectivity index (χ4v) is 17.0. The number of rotatable bonds is 48. The summed E-state index contributed by atoms with van der Waals surface area (Å²) in [5.41, 5.74) is 3.50. The number of fused-ring (bicyclic) bond motifs is 1. The van der Waals surface area contributed by atoms with Crippen LogP contribution in [0.5, 0.6) is 0 Å². The fraction of sp³-hybridized carbons (Fsp3) is 0.694. The summed E-state index contributed by atoms with van der Waals surface area (Å²) in [5, 5.41) is 8.82. The predicted molar refractivity (Wildman–Crippen MR) is 356 cm³/mol. The number of hydrogen-bond acceptors (Lipinski definition) is 7. The summed E-state index contributed by atoms with van der Waals surface area (Å²) < 4.78 is 40.3. The maximum Gasteiger partial charge on any atom is 0.170 e. The molecule has 2 atom stereocenters. The van der Waals surface area contributed by atoms with Crippen LogP contribution in [0.3, 0.4) is 0 Å².